The summed E-state index contributed by atoms with van der Waals surface area (Å²) < 4.78 is 5.07. The van der Waals surface area contributed by atoms with Crippen molar-refractivity contribution in [3.8, 4) is 0 Å². The predicted octanol–water partition coefficient (Wildman–Crippen LogP) is 1.60. The van der Waals surface area contributed by atoms with Crippen LogP contribution in [0.25, 0.3) is 11.1 Å². The third-order valence-corrected chi connectivity index (χ3v) is 2.93. The topological polar surface area (TPSA) is 64.9 Å². The second kappa shape index (κ2) is 2.47. The first kappa shape index (κ1) is 7.79. The standard InChI is InChI=1S/C10H11N3O/c1-5-6-3-2-4-7(6)8-9(11)13-14-10(8)12-5/h2-4H2,1H3,(H2,11,13). The van der Waals surface area contributed by atoms with Crippen molar-refractivity contribution in [3.05, 3.63) is 16.8 Å². The predicted molar refractivity (Wildman–Crippen MR) is 53.0 cm³/mol. The van der Waals surface area contributed by atoms with Crippen molar-refractivity contribution >= 4 is 16.9 Å². The van der Waals surface area contributed by atoms with Crippen LogP contribution in [0, 0.1) is 6.92 Å². The van der Waals surface area contributed by atoms with Crippen LogP contribution in [0.2, 0.25) is 0 Å². The summed E-state index contributed by atoms with van der Waals surface area (Å²) in [6, 6.07) is 0. The van der Waals surface area contributed by atoms with Crippen LogP contribution in [0.4, 0.5) is 5.82 Å². The van der Waals surface area contributed by atoms with Crippen molar-refractivity contribution in [2.75, 3.05) is 5.73 Å². The van der Waals surface area contributed by atoms with Crippen LogP contribution in [0.3, 0.4) is 0 Å². The second-order valence-electron chi connectivity index (χ2n) is 3.76. The van der Waals surface area contributed by atoms with E-state index < -0.39 is 0 Å². The highest BCUT2D eigenvalue weighted by Crippen LogP contribution is 2.33. The highest BCUT2D eigenvalue weighted by molar-refractivity contribution is 5.89. The van der Waals surface area contributed by atoms with Crippen molar-refractivity contribution < 1.29 is 4.52 Å². The Bertz CT molecular complexity index is 516. The number of nitrogen functional groups attached to an aromatic ring is 1. The molecule has 2 N–H and O–H groups in total. The molecule has 0 spiro atoms. The first-order chi connectivity index (χ1) is 6.77. The molecule has 72 valence electrons. The number of hydrogen-bond donors (Lipinski definition) is 1. The van der Waals surface area contributed by atoms with E-state index in [4.69, 9.17) is 10.3 Å². The Morgan fingerprint density at radius 1 is 1.29 bits per heavy atom. The summed E-state index contributed by atoms with van der Waals surface area (Å²) >= 11 is 0. The Labute approximate surface area is 81.1 Å². The van der Waals surface area contributed by atoms with E-state index in [1.165, 1.54) is 17.5 Å². The molecule has 0 atom stereocenters. The molecular weight excluding hydrogens is 178 g/mol. The van der Waals surface area contributed by atoms with Gasteiger partial charge in [-0.2, -0.15) is 0 Å². The Balaban J connectivity index is 2.49. The molecule has 4 nitrogen and oxygen atoms in total. The molecule has 2 aromatic heterocycles. The number of pyridine rings is 1. The lowest BCUT2D eigenvalue weighted by molar-refractivity contribution is 0.452. The molecule has 0 amide bonds. The number of nitrogens with two attached hydrogens (primary N) is 1. The van der Waals surface area contributed by atoms with Crippen LogP contribution >= 0.6 is 0 Å². The molecule has 0 fully saturated rings. The summed E-state index contributed by atoms with van der Waals surface area (Å²) in [5, 5.41) is 4.69. The molecule has 1 aliphatic carbocycles. The maximum atomic E-state index is 5.75. The molecule has 0 aliphatic heterocycles. The molecule has 14 heavy (non-hydrogen) atoms. The smallest absolute Gasteiger partial charge is 0.260 e. The highest BCUT2D eigenvalue weighted by Gasteiger charge is 2.21. The first-order valence-electron chi connectivity index (χ1n) is 4.80. The molecule has 0 radical (unpaired) electrons. The van der Waals surface area contributed by atoms with E-state index in [1.54, 1.807) is 0 Å². The first-order valence-corrected chi connectivity index (χ1v) is 4.80. The molecule has 3 rings (SSSR count). The zero-order chi connectivity index (χ0) is 9.71. The number of anilines is 1. The zero-order valence-electron chi connectivity index (χ0n) is 8.00. The van der Waals surface area contributed by atoms with Gasteiger partial charge in [-0.05, 0) is 37.3 Å². The van der Waals surface area contributed by atoms with E-state index in [0.29, 0.717) is 11.5 Å². The van der Waals surface area contributed by atoms with E-state index in [2.05, 4.69) is 10.1 Å². The minimum absolute atomic E-state index is 0.477. The van der Waals surface area contributed by atoms with Crippen LogP contribution in [0.1, 0.15) is 23.2 Å². The van der Waals surface area contributed by atoms with Crippen molar-refractivity contribution in [1.29, 1.82) is 0 Å². The molecule has 4 heteroatoms. The molecule has 1 aliphatic rings. The molecule has 0 unspecified atom stereocenters. The molecule has 2 aromatic rings. The van der Waals surface area contributed by atoms with Crippen molar-refractivity contribution in [1.82, 2.24) is 10.1 Å². The van der Waals surface area contributed by atoms with Gasteiger partial charge in [-0.25, -0.2) is 4.98 Å². The van der Waals surface area contributed by atoms with Crippen LogP contribution in [0.5, 0.6) is 0 Å². The number of fused-ring (bicyclic) bond motifs is 3. The summed E-state index contributed by atoms with van der Waals surface area (Å²) in [5.41, 5.74) is 10.0. The van der Waals surface area contributed by atoms with Crippen LogP contribution < -0.4 is 5.73 Å². The van der Waals surface area contributed by atoms with Gasteiger partial charge in [0.1, 0.15) is 0 Å². The minimum atomic E-state index is 0.477. The second-order valence-corrected chi connectivity index (χ2v) is 3.76. The molecular formula is C10H11N3O. The molecule has 0 aromatic carbocycles. The van der Waals surface area contributed by atoms with Gasteiger partial charge in [-0.1, -0.05) is 5.16 Å². The van der Waals surface area contributed by atoms with Crippen molar-refractivity contribution in [2.24, 2.45) is 0 Å². The quantitative estimate of drug-likeness (QED) is 0.683. The number of aryl methyl sites for hydroxylation is 2. The van der Waals surface area contributed by atoms with Crippen LogP contribution in [-0.2, 0) is 12.8 Å². The SMILES string of the molecule is Cc1nc2onc(N)c2c2c1CCC2. The fourth-order valence-electron chi connectivity index (χ4n) is 2.29. The van der Waals surface area contributed by atoms with Gasteiger partial charge in [0.15, 0.2) is 5.82 Å². The van der Waals surface area contributed by atoms with Gasteiger partial charge in [0.05, 0.1) is 5.39 Å². The fraction of sp³-hybridized carbons (Fsp3) is 0.400. The van der Waals surface area contributed by atoms with Crippen molar-refractivity contribution in [3.63, 3.8) is 0 Å². The number of rotatable bonds is 0. The molecule has 0 saturated carbocycles. The zero-order valence-corrected chi connectivity index (χ0v) is 8.00. The van der Waals surface area contributed by atoms with E-state index in [1.807, 2.05) is 6.92 Å². The number of aromatic nitrogens is 2. The van der Waals surface area contributed by atoms with E-state index in [9.17, 15) is 0 Å². The minimum Gasteiger partial charge on any atom is -0.380 e. The van der Waals surface area contributed by atoms with Crippen molar-refractivity contribution in [2.45, 2.75) is 26.2 Å². The Kier molecular flexibility index (Phi) is 1.37. The average Bonchev–Trinajstić information content (AvgIpc) is 2.72. The monoisotopic (exact) mass is 189 g/mol. The number of nitrogens with zero attached hydrogens (tertiary/aromatic N) is 2. The Morgan fingerprint density at radius 2 is 2.07 bits per heavy atom. The van der Waals surface area contributed by atoms with Gasteiger partial charge in [0.2, 0.25) is 0 Å². The maximum Gasteiger partial charge on any atom is 0.260 e. The summed E-state index contributed by atoms with van der Waals surface area (Å²) in [6.45, 7) is 2.02. The summed E-state index contributed by atoms with van der Waals surface area (Å²) in [5.74, 6) is 0.477. The summed E-state index contributed by atoms with van der Waals surface area (Å²) in [6.07, 6.45) is 3.36. The third kappa shape index (κ3) is 0.828. The lowest BCUT2D eigenvalue weighted by atomic mass is 10.1. The number of hydrogen-bond acceptors (Lipinski definition) is 4. The normalized spacial score (nSPS) is 14.9. The van der Waals surface area contributed by atoms with Gasteiger partial charge in [-0.15, -0.1) is 0 Å². The Hall–Kier alpha value is -1.58. The molecule has 2 heterocycles. The van der Waals surface area contributed by atoms with Gasteiger partial charge < -0.3 is 10.3 Å². The van der Waals surface area contributed by atoms with E-state index in [0.717, 1.165) is 23.9 Å². The largest absolute Gasteiger partial charge is 0.380 e. The lowest BCUT2D eigenvalue weighted by Crippen LogP contribution is -1.94. The van der Waals surface area contributed by atoms with Gasteiger partial charge in [0.25, 0.3) is 5.71 Å². The summed E-state index contributed by atoms with van der Waals surface area (Å²) in [7, 11) is 0. The van der Waals surface area contributed by atoms with Crippen LogP contribution in [0.15, 0.2) is 4.52 Å². The third-order valence-electron chi connectivity index (χ3n) is 2.93. The maximum absolute atomic E-state index is 5.75. The molecule has 0 saturated heterocycles. The van der Waals surface area contributed by atoms with E-state index in [-0.39, 0.29) is 0 Å². The highest BCUT2D eigenvalue weighted by atomic mass is 16.5. The van der Waals surface area contributed by atoms with Gasteiger partial charge in [0, 0.05) is 5.69 Å². The van der Waals surface area contributed by atoms with E-state index >= 15 is 0 Å². The summed E-state index contributed by atoms with van der Waals surface area (Å²) in [4.78, 5) is 4.36. The Morgan fingerprint density at radius 3 is 2.93 bits per heavy atom. The van der Waals surface area contributed by atoms with Gasteiger partial charge >= 0.3 is 0 Å². The fourth-order valence-corrected chi connectivity index (χ4v) is 2.29. The van der Waals surface area contributed by atoms with Crippen LogP contribution in [-0.4, -0.2) is 10.1 Å². The van der Waals surface area contributed by atoms with Gasteiger partial charge in [-0.3, -0.25) is 0 Å². The molecule has 0 bridgehead atoms. The average molecular weight is 189 g/mol. The lowest BCUT2D eigenvalue weighted by Gasteiger charge is -2.02.